The lowest BCUT2D eigenvalue weighted by atomic mass is 10.2. The zero-order chi connectivity index (χ0) is 23.3. The number of anilines is 2. The number of amides is 1. The van der Waals surface area contributed by atoms with Crippen molar-refractivity contribution in [2.24, 2.45) is 0 Å². The number of hydrogen-bond acceptors (Lipinski definition) is 5. The molecule has 3 aromatic rings. The highest BCUT2D eigenvalue weighted by atomic mass is 35.5. The van der Waals surface area contributed by atoms with Gasteiger partial charge < -0.3 is 14.8 Å². The summed E-state index contributed by atoms with van der Waals surface area (Å²) >= 11 is 12.3. The van der Waals surface area contributed by atoms with Crippen LogP contribution >= 0.6 is 23.2 Å². The molecule has 7 nitrogen and oxygen atoms in total. The number of halogens is 2. The molecule has 1 amide bonds. The Morgan fingerprint density at radius 2 is 1.59 bits per heavy atom. The van der Waals surface area contributed by atoms with E-state index in [9.17, 15) is 13.2 Å². The predicted molar refractivity (Wildman–Crippen MR) is 126 cm³/mol. The van der Waals surface area contributed by atoms with Crippen molar-refractivity contribution in [3.05, 3.63) is 76.8 Å². The number of para-hydroxylation sites is 1. The first-order valence-corrected chi connectivity index (χ1v) is 11.5. The van der Waals surface area contributed by atoms with Gasteiger partial charge in [0.15, 0.2) is 0 Å². The summed E-state index contributed by atoms with van der Waals surface area (Å²) in [6, 6.07) is 17.2. The van der Waals surface area contributed by atoms with Crippen LogP contribution in [0.2, 0.25) is 10.0 Å². The molecule has 0 aliphatic carbocycles. The van der Waals surface area contributed by atoms with Crippen LogP contribution in [0.15, 0.2) is 71.6 Å². The third kappa shape index (κ3) is 5.09. The fraction of sp³-hybridized carbons (Fsp3) is 0.136. The lowest BCUT2D eigenvalue weighted by Crippen LogP contribution is -2.38. The van der Waals surface area contributed by atoms with E-state index in [0.717, 1.165) is 4.31 Å². The van der Waals surface area contributed by atoms with Crippen molar-refractivity contribution in [3.8, 4) is 11.5 Å². The third-order valence-electron chi connectivity index (χ3n) is 4.50. The number of carbonyl (C=O) groups excluding carboxylic acids is 1. The lowest BCUT2D eigenvalue weighted by molar-refractivity contribution is -0.114. The molecule has 0 saturated heterocycles. The van der Waals surface area contributed by atoms with Crippen LogP contribution in [0, 0.1) is 0 Å². The summed E-state index contributed by atoms with van der Waals surface area (Å²) in [5, 5.41) is 3.04. The number of nitrogens with one attached hydrogen (secondary N) is 1. The summed E-state index contributed by atoms with van der Waals surface area (Å²) in [7, 11) is -1.29. The van der Waals surface area contributed by atoms with Gasteiger partial charge in [0.05, 0.1) is 40.5 Å². The molecule has 0 fully saturated rings. The zero-order valence-corrected chi connectivity index (χ0v) is 19.5. The first-order chi connectivity index (χ1) is 15.3. The van der Waals surface area contributed by atoms with Gasteiger partial charge in [-0.1, -0.05) is 47.5 Å². The molecule has 0 radical (unpaired) electrons. The number of ether oxygens (including phenoxy) is 2. The molecule has 1 N–H and O–H groups in total. The maximum absolute atomic E-state index is 13.5. The van der Waals surface area contributed by atoms with E-state index in [1.165, 1.54) is 32.4 Å². The molecule has 32 heavy (non-hydrogen) atoms. The van der Waals surface area contributed by atoms with Gasteiger partial charge in [0.25, 0.3) is 10.0 Å². The van der Waals surface area contributed by atoms with Crippen LogP contribution in [0.3, 0.4) is 0 Å². The van der Waals surface area contributed by atoms with E-state index < -0.39 is 22.5 Å². The lowest BCUT2D eigenvalue weighted by Gasteiger charge is -2.26. The normalized spacial score (nSPS) is 11.0. The van der Waals surface area contributed by atoms with Crippen LogP contribution < -0.4 is 19.1 Å². The standard InChI is InChI=1S/C22H20Cl2N2O5S/c1-30-15-11-12-20(31-2)19(13-15)26(32(28,29)16-7-4-3-5-8-16)14-21(27)25-22-17(23)9-6-10-18(22)24/h3-13H,14H2,1-2H3,(H,25,27). The SMILES string of the molecule is COc1ccc(OC)c(N(CC(=O)Nc2c(Cl)cccc2Cl)S(=O)(=O)c2ccccc2)c1. The molecule has 3 rings (SSSR count). The van der Waals surface area contributed by atoms with Crippen molar-refractivity contribution < 1.29 is 22.7 Å². The number of nitrogens with zero attached hydrogens (tertiary/aromatic N) is 1. The molecule has 168 valence electrons. The molecule has 0 unspecified atom stereocenters. The van der Waals surface area contributed by atoms with E-state index in [1.54, 1.807) is 48.5 Å². The van der Waals surface area contributed by atoms with Crippen molar-refractivity contribution in [2.75, 3.05) is 30.4 Å². The Morgan fingerprint density at radius 3 is 2.19 bits per heavy atom. The van der Waals surface area contributed by atoms with Gasteiger partial charge in [-0.25, -0.2) is 8.42 Å². The smallest absolute Gasteiger partial charge is 0.264 e. The first-order valence-electron chi connectivity index (χ1n) is 9.31. The summed E-state index contributed by atoms with van der Waals surface area (Å²) < 4.78 is 38.6. The molecule has 0 saturated carbocycles. The van der Waals surface area contributed by atoms with Crippen molar-refractivity contribution in [2.45, 2.75) is 4.90 Å². The highest BCUT2D eigenvalue weighted by Gasteiger charge is 2.30. The predicted octanol–water partition coefficient (Wildman–Crippen LogP) is 4.84. The largest absolute Gasteiger partial charge is 0.497 e. The van der Waals surface area contributed by atoms with Gasteiger partial charge in [-0.05, 0) is 36.4 Å². The topological polar surface area (TPSA) is 84.9 Å². The Hall–Kier alpha value is -2.94. The van der Waals surface area contributed by atoms with Crippen molar-refractivity contribution in [1.29, 1.82) is 0 Å². The first kappa shape index (κ1) is 23.7. The second kappa shape index (κ2) is 10.1. The maximum Gasteiger partial charge on any atom is 0.264 e. The highest BCUT2D eigenvalue weighted by molar-refractivity contribution is 7.92. The second-order valence-corrected chi connectivity index (χ2v) is 9.18. The van der Waals surface area contributed by atoms with Gasteiger partial charge in [-0.15, -0.1) is 0 Å². The molecule has 0 spiro atoms. The number of sulfonamides is 1. The summed E-state index contributed by atoms with van der Waals surface area (Å²) in [4.78, 5) is 12.9. The number of hydrogen-bond donors (Lipinski definition) is 1. The molecule has 0 heterocycles. The minimum absolute atomic E-state index is 0.00782. The number of benzene rings is 3. The van der Waals surface area contributed by atoms with E-state index in [0.29, 0.717) is 5.75 Å². The van der Waals surface area contributed by atoms with Crippen LogP contribution in [0.1, 0.15) is 0 Å². The van der Waals surface area contributed by atoms with Crippen LogP contribution in [-0.2, 0) is 14.8 Å². The molecule has 0 aliphatic heterocycles. The summed E-state index contributed by atoms with van der Waals surface area (Å²) in [5.74, 6) is -0.0121. The third-order valence-corrected chi connectivity index (χ3v) is 6.90. The van der Waals surface area contributed by atoms with Gasteiger partial charge in [0.2, 0.25) is 5.91 Å². The van der Waals surface area contributed by atoms with Gasteiger partial charge >= 0.3 is 0 Å². The highest BCUT2D eigenvalue weighted by Crippen LogP contribution is 2.36. The molecular weight excluding hydrogens is 475 g/mol. The van der Waals surface area contributed by atoms with E-state index >= 15 is 0 Å². The fourth-order valence-electron chi connectivity index (χ4n) is 2.94. The second-order valence-electron chi connectivity index (χ2n) is 6.51. The van der Waals surface area contributed by atoms with E-state index in [-0.39, 0.29) is 32.1 Å². The Labute approximate surface area is 196 Å². The monoisotopic (exact) mass is 494 g/mol. The fourth-order valence-corrected chi connectivity index (χ4v) is 4.87. The minimum atomic E-state index is -4.15. The van der Waals surface area contributed by atoms with Crippen molar-refractivity contribution in [3.63, 3.8) is 0 Å². The average molecular weight is 495 g/mol. The van der Waals surface area contributed by atoms with Crippen LogP contribution in [0.4, 0.5) is 11.4 Å². The molecular formula is C22H20Cl2N2O5S. The van der Waals surface area contributed by atoms with Crippen molar-refractivity contribution >= 4 is 50.5 Å². The number of carbonyl (C=O) groups is 1. The molecule has 0 aromatic heterocycles. The molecule has 0 atom stereocenters. The zero-order valence-electron chi connectivity index (χ0n) is 17.2. The van der Waals surface area contributed by atoms with Crippen molar-refractivity contribution in [1.82, 2.24) is 0 Å². The Kier molecular flexibility index (Phi) is 7.50. The molecule has 3 aromatic carbocycles. The molecule has 0 bridgehead atoms. The average Bonchev–Trinajstić information content (AvgIpc) is 2.80. The van der Waals surface area contributed by atoms with Gasteiger partial charge in [0, 0.05) is 6.07 Å². The number of methoxy groups -OCH3 is 2. The van der Waals surface area contributed by atoms with E-state index in [2.05, 4.69) is 5.32 Å². The maximum atomic E-state index is 13.5. The van der Waals surface area contributed by atoms with E-state index in [4.69, 9.17) is 32.7 Å². The number of rotatable bonds is 8. The quantitative estimate of drug-likeness (QED) is 0.483. The van der Waals surface area contributed by atoms with Crippen LogP contribution in [-0.4, -0.2) is 35.1 Å². The summed E-state index contributed by atoms with van der Waals surface area (Å²) in [6.45, 7) is -0.567. The minimum Gasteiger partial charge on any atom is -0.497 e. The van der Waals surface area contributed by atoms with Crippen LogP contribution in [0.25, 0.3) is 0 Å². The van der Waals surface area contributed by atoms with Gasteiger partial charge in [-0.2, -0.15) is 0 Å². The van der Waals surface area contributed by atoms with Gasteiger partial charge in [0.1, 0.15) is 18.0 Å². The summed E-state index contributed by atoms with van der Waals surface area (Å²) in [6.07, 6.45) is 0. The van der Waals surface area contributed by atoms with Crippen LogP contribution in [0.5, 0.6) is 11.5 Å². The van der Waals surface area contributed by atoms with E-state index in [1.807, 2.05) is 0 Å². The van der Waals surface area contributed by atoms with Gasteiger partial charge in [-0.3, -0.25) is 9.10 Å². The summed E-state index contributed by atoms with van der Waals surface area (Å²) in [5.41, 5.74) is 0.326. The molecule has 10 heteroatoms. The Bertz CT molecular complexity index is 1200. The Morgan fingerprint density at radius 1 is 0.938 bits per heavy atom. The Balaban J connectivity index is 2.07. The molecule has 0 aliphatic rings.